The second-order valence-electron chi connectivity index (χ2n) is 13.3. The van der Waals surface area contributed by atoms with E-state index in [0.717, 1.165) is 22.6 Å². The van der Waals surface area contributed by atoms with E-state index in [-0.39, 0.29) is 40.8 Å². The van der Waals surface area contributed by atoms with E-state index in [4.69, 9.17) is 0 Å². The Morgan fingerprint density at radius 3 is 1.06 bits per heavy atom. The van der Waals surface area contributed by atoms with Crippen molar-refractivity contribution in [1.82, 2.24) is 4.98 Å². The van der Waals surface area contributed by atoms with Gasteiger partial charge in [0.15, 0.2) is 0 Å². The number of aromatic amines is 1. The molecule has 1 N–H and O–H groups in total. The van der Waals surface area contributed by atoms with Crippen LogP contribution in [-0.2, 0) is 40.8 Å². The molecule has 0 bridgehead atoms. The van der Waals surface area contributed by atoms with Crippen LogP contribution in [0.2, 0.25) is 0 Å². The summed E-state index contributed by atoms with van der Waals surface area (Å²) in [7, 11) is -13.3. The first-order valence-electron chi connectivity index (χ1n) is 17.0. The van der Waals surface area contributed by atoms with E-state index in [1.165, 1.54) is 33.2 Å². The monoisotopic (exact) mass is 967 g/mol. The van der Waals surface area contributed by atoms with E-state index in [0.29, 0.717) is 0 Å². The molecule has 53 heavy (non-hydrogen) atoms. The maximum atomic E-state index is 9.75. The number of hydrogen-bond donors (Lipinski definition) is 1. The number of benzene rings is 4. The zero-order chi connectivity index (χ0) is 38.5. The summed E-state index contributed by atoms with van der Waals surface area (Å²) in [4.78, 5) is 3.12. The predicted molar refractivity (Wildman–Crippen MR) is 212 cm³/mol. The summed E-state index contributed by atoms with van der Waals surface area (Å²) in [6.45, 7) is 19.2. The number of H-pyrrole nitrogens is 1. The number of aromatic nitrogens is 1. The first-order chi connectivity index (χ1) is 23.7. The third kappa shape index (κ3) is 18.6. The van der Waals surface area contributed by atoms with Crippen LogP contribution in [0.5, 0.6) is 0 Å². The molecule has 0 amide bonds. The van der Waals surface area contributed by atoms with Crippen molar-refractivity contribution in [3.8, 4) is 22.3 Å². The second-order valence-corrected chi connectivity index (χ2v) is 20.8. The Hall–Kier alpha value is -1.83. The van der Waals surface area contributed by atoms with Gasteiger partial charge in [0.25, 0.3) is 0 Å². The quantitative estimate of drug-likeness (QED) is 0.0906. The molecule has 0 radical (unpaired) electrons. The number of hydrogen-bond acceptors (Lipinski definition) is 0. The van der Waals surface area contributed by atoms with Crippen molar-refractivity contribution < 1.29 is 75.4 Å². The van der Waals surface area contributed by atoms with Gasteiger partial charge in [-0.2, -0.15) is 0 Å². The molecular weight excluding hydrogens is 919 g/mol. The van der Waals surface area contributed by atoms with Crippen molar-refractivity contribution in [2.75, 3.05) is 0 Å². The van der Waals surface area contributed by atoms with E-state index in [2.05, 4.69) is 151 Å². The van der Waals surface area contributed by atoms with Crippen molar-refractivity contribution in [2.45, 2.75) is 78.0 Å². The molecular formula is C38H49B2F8NP2Pd2. The standard InChI is InChI=1S/C30H40P2.C8H7N.2BF4.2Pd/c1-21(2)31(22(3)4)29-15-11-9-13-27(29)25-17-19-26(20-18-25)28-14-10-12-16-30(28)32(23(5)6)24(7)8;1-2-4-8-7(3-1)5-6-9-8;2*2-1(3,4)5;;/h9-24H,1-8H3;1-6,9H;;;;/q;;2*-1;;/p+2. The summed E-state index contributed by atoms with van der Waals surface area (Å²) < 4.78 is 78.0. The molecule has 5 aromatic rings. The molecule has 15 heteroatoms. The summed E-state index contributed by atoms with van der Waals surface area (Å²) in [6, 6.07) is 37.9. The Balaban J connectivity index is 0.00000105. The number of rotatable bonds is 8. The van der Waals surface area contributed by atoms with Crippen LogP contribution in [0, 0.1) is 0 Å². The maximum Gasteiger partial charge on any atom is 0.673 e. The van der Waals surface area contributed by atoms with E-state index in [1.807, 2.05) is 18.3 Å². The fourth-order valence-electron chi connectivity index (χ4n) is 6.37. The van der Waals surface area contributed by atoms with Crippen LogP contribution in [0.1, 0.15) is 55.4 Å². The van der Waals surface area contributed by atoms with Gasteiger partial charge in [0.05, 0.1) is 33.2 Å². The SMILES string of the molecule is CC(C)[PH+](c1ccccc1-c1ccc(-c2ccccc2[PH+](C(C)C)C(C)C)cc1)C(C)C.F[B-](F)(F)F.F[B-](F)(F)F.[Pd].[Pd].c1ccc2[nH]ccc2c1. The minimum absolute atomic E-state index is 0. The van der Waals surface area contributed by atoms with Crippen LogP contribution in [0.25, 0.3) is 33.2 Å². The van der Waals surface area contributed by atoms with Crippen LogP contribution in [0.15, 0.2) is 109 Å². The molecule has 1 aromatic heterocycles. The van der Waals surface area contributed by atoms with E-state index in [1.54, 1.807) is 10.6 Å². The normalized spacial score (nSPS) is 11.4. The molecule has 0 saturated carbocycles. The van der Waals surface area contributed by atoms with Gasteiger partial charge in [0.2, 0.25) is 0 Å². The molecule has 298 valence electrons. The van der Waals surface area contributed by atoms with Gasteiger partial charge in [-0.05, 0) is 96.2 Å². The Labute approximate surface area is 339 Å². The van der Waals surface area contributed by atoms with E-state index in [9.17, 15) is 34.5 Å². The second kappa shape index (κ2) is 24.0. The van der Waals surface area contributed by atoms with Gasteiger partial charge in [0.1, 0.15) is 0 Å². The van der Waals surface area contributed by atoms with Crippen molar-refractivity contribution in [3.05, 3.63) is 109 Å². The van der Waals surface area contributed by atoms with Gasteiger partial charge in [0, 0.05) is 79.5 Å². The molecule has 4 aromatic carbocycles. The van der Waals surface area contributed by atoms with Gasteiger partial charge >= 0.3 is 14.5 Å². The molecule has 5 rings (SSSR count). The minimum Gasteiger partial charge on any atom is -0.418 e. The predicted octanol–water partition coefficient (Wildman–Crippen LogP) is 13.1. The molecule has 0 saturated heterocycles. The van der Waals surface area contributed by atoms with Crippen LogP contribution in [0.4, 0.5) is 34.5 Å². The van der Waals surface area contributed by atoms with Crippen molar-refractivity contribution >= 4 is 51.9 Å². The molecule has 0 aliphatic carbocycles. The minimum atomic E-state index is -6.00. The number of nitrogens with one attached hydrogen (secondary N) is 1. The zero-order valence-electron chi connectivity index (χ0n) is 31.0. The van der Waals surface area contributed by atoms with Crippen LogP contribution in [0.3, 0.4) is 0 Å². The molecule has 0 fully saturated rings. The Kier molecular flexibility index (Phi) is 23.1. The summed E-state index contributed by atoms with van der Waals surface area (Å²) in [5.74, 6) is 0. The van der Waals surface area contributed by atoms with Gasteiger partial charge in [-0.15, -0.1) is 0 Å². The third-order valence-corrected chi connectivity index (χ3v) is 15.0. The summed E-state index contributed by atoms with van der Waals surface area (Å²) >= 11 is 0. The largest absolute Gasteiger partial charge is 0.673 e. The molecule has 0 unspecified atom stereocenters. The van der Waals surface area contributed by atoms with Gasteiger partial charge < -0.3 is 39.5 Å². The number of halogens is 8. The van der Waals surface area contributed by atoms with E-state index >= 15 is 0 Å². The average Bonchev–Trinajstić information content (AvgIpc) is 3.49. The number of para-hydroxylation sites is 1. The summed E-state index contributed by atoms with van der Waals surface area (Å²) in [5, 5.41) is 4.44. The third-order valence-electron chi connectivity index (χ3n) is 7.93. The topological polar surface area (TPSA) is 15.8 Å². The molecule has 1 nitrogen and oxygen atoms in total. The molecule has 1 heterocycles. The first kappa shape index (κ1) is 51.2. The molecule has 0 spiro atoms. The Morgan fingerprint density at radius 1 is 0.434 bits per heavy atom. The van der Waals surface area contributed by atoms with E-state index < -0.39 is 30.4 Å². The van der Waals surface area contributed by atoms with Gasteiger partial charge in [-0.3, -0.25) is 0 Å². The number of fused-ring (bicyclic) bond motifs is 1. The smallest absolute Gasteiger partial charge is 0.418 e. The van der Waals surface area contributed by atoms with Crippen molar-refractivity contribution in [3.63, 3.8) is 0 Å². The Bertz CT molecular complexity index is 1600. The van der Waals surface area contributed by atoms with Gasteiger partial charge in [-0.25, -0.2) is 0 Å². The molecule has 0 aliphatic rings. The molecule has 0 atom stereocenters. The fourth-order valence-corrected chi connectivity index (χ4v) is 13.2. The fraction of sp³-hybridized carbons (Fsp3) is 0.316. The van der Waals surface area contributed by atoms with Crippen LogP contribution in [-0.4, -0.2) is 42.1 Å². The molecule has 0 aliphatic heterocycles. The van der Waals surface area contributed by atoms with Gasteiger partial charge in [-0.1, -0.05) is 78.9 Å². The Morgan fingerprint density at radius 2 is 0.736 bits per heavy atom. The summed E-state index contributed by atoms with van der Waals surface area (Å²) in [6.07, 6.45) is 1.95. The maximum absolute atomic E-state index is 9.75. The summed E-state index contributed by atoms with van der Waals surface area (Å²) in [5.41, 5.74) is 9.65. The zero-order valence-corrected chi connectivity index (χ0v) is 36.1. The van der Waals surface area contributed by atoms with Crippen molar-refractivity contribution in [1.29, 1.82) is 0 Å². The van der Waals surface area contributed by atoms with Crippen molar-refractivity contribution in [2.24, 2.45) is 0 Å². The first-order valence-corrected chi connectivity index (χ1v) is 20.3. The van der Waals surface area contributed by atoms with Crippen LogP contribution < -0.4 is 10.6 Å². The van der Waals surface area contributed by atoms with Crippen LogP contribution >= 0.6 is 15.8 Å². The average molecular weight is 968 g/mol.